The highest BCUT2D eigenvalue weighted by Gasteiger charge is 2.08. The van der Waals surface area contributed by atoms with Crippen molar-refractivity contribution in [1.82, 2.24) is 15.0 Å². The van der Waals surface area contributed by atoms with Crippen molar-refractivity contribution >= 4 is 17.2 Å². The molecule has 2 aromatic heterocycles. The van der Waals surface area contributed by atoms with Crippen LogP contribution < -0.4 is 10.1 Å². The molecule has 2 heterocycles. The fraction of sp³-hybridized carbons (Fsp3) is 0.417. The lowest BCUT2D eigenvalue weighted by atomic mass is 10.2. The van der Waals surface area contributed by atoms with Gasteiger partial charge in [-0.3, -0.25) is 0 Å². The summed E-state index contributed by atoms with van der Waals surface area (Å²) in [5.74, 6) is 1.73. The van der Waals surface area contributed by atoms with Crippen molar-refractivity contribution in [3.8, 4) is 5.88 Å². The molecule has 2 aromatic rings. The summed E-state index contributed by atoms with van der Waals surface area (Å²) in [7, 11) is 0. The topological polar surface area (TPSA) is 59.9 Å². The molecule has 0 aliphatic rings. The van der Waals surface area contributed by atoms with Crippen LogP contribution in [-0.2, 0) is 0 Å². The van der Waals surface area contributed by atoms with E-state index in [9.17, 15) is 0 Å². The summed E-state index contributed by atoms with van der Waals surface area (Å²) in [5, 5.41) is 6.38. The van der Waals surface area contributed by atoms with Crippen molar-refractivity contribution in [3.05, 3.63) is 29.0 Å². The average Bonchev–Trinajstić information content (AvgIpc) is 2.91. The third kappa shape index (κ3) is 3.40. The fourth-order valence-corrected chi connectivity index (χ4v) is 2.18. The molecule has 1 unspecified atom stereocenters. The van der Waals surface area contributed by atoms with Gasteiger partial charge in [0.2, 0.25) is 5.88 Å². The van der Waals surface area contributed by atoms with E-state index in [1.807, 2.05) is 18.5 Å². The molecule has 2 rings (SSSR count). The van der Waals surface area contributed by atoms with E-state index in [-0.39, 0.29) is 0 Å². The number of ether oxygens (including phenoxy) is 1. The van der Waals surface area contributed by atoms with Gasteiger partial charge in [0.05, 0.1) is 11.6 Å². The maximum absolute atomic E-state index is 5.32. The molecule has 0 aliphatic heterocycles. The normalized spacial score (nSPS) is 12.1. The van der Waals surface area contributed by atoms with Crippen molar-refractivity contribution in [2.45, 2.75) is 19.8 Å². The highest BCUT2D eigenvalue weighted by molar-refractivity contribution is 7.09. The van der Waals surface area contributed by atoms with Gasteiger partial charge < -0.3 is 10.1 Å². The van der Waals surface area contributed by atoms with Crippen LogP contribution >= 0.6 is 11.3 Å². The minimum atomic E-state index is 0.357. The van der Waals surface area contributed by atoms with Crippen LogP contribution in [0.4, 0.5) is 5.82 Å². The predicted octanol–water partition coefficient (Wildman–Crippen LogP) is 2.55. The van der Waals surface area contributed by atoms with Crippen LogP contribution in [0.2, 0.25) is 0 Å². The molecule has 6 heteroatoms. The number of nitrogens with zero attached hydrogens (tertiary/aromatic N) is 3. The van der Waals surface area contributed by atoms with Gasteiger partial charge in [-0.05, 0) is 6.92 Å². The highest BCUT2D eigenvalue weighted by atomic mass is 32.1. The summed E-state index contributed by atoms with van der Waals surface area (Å²) in [6.07, 6.45) is 3.33. The molecule has 1 atom stereocenters. The fourth-order valence-electron chi connectivity index (χ4n) is 1.49. The van der Waals surface area contributed by atoms with Gasteiger partial charge in [-0.15, -0.1) is 11.3 Å². The van der Waals surface area contributed by atoms with Gasteiger partial charge in [0, 0.05) is 30.1 Å². The van der Waals surface area contributed by atoms with E-state index in [0.717, 1.165) is 17.4 Å². The zero-order valence-electron chi connectivity index (χ0n) is 10.5. The van der Waals surface area contributed by atoms with Gasteiger partial charge in [0.1, 0.15) is 12.1 Å². The third-order valence-corrected chi connectivity index (χ3v) is 3.40. The number of hydrogen-bond acceptors (Lipinski definition) is 6. The minimum Gasteiger partial charge on any atom is -0.478 e. The van der Waals surface area contributed by atoms with E-state index in [4.69, 9.17) is 4.74 Å². The van der Waals surface area contributed by atoms with Crippen LogP contribution in [0.1, 0.15) is 24.8 Å². The van der Waals surface area contributed by atoms with Gasteiger partial charge in [0.25, 0.3) is 0 Å². The summed E-state index contributed by atoms with van der Waals surface area (Å²) >= 11 is 1.67. The number of hydrogen-bond donors (Lipinski definition) is 1. The number of anilines is 1. The number of thiazole rings is 1. The quantitative estimate of drug-likeness (QED) is 0.868. The predicted molar refractivity (Wildman–Crippen MR) is 72.2 cm³/mol. The first-order valence-electron chi connectivity index (χ1n) is 5.87. The van der Waals surface area contributed by atoms with E-state index >= 15 is 0 Å². The molecule has 1 N–H and O–H groups in total. The monoisotopic (exact) mass is 264 g/mol. The van der Waals surface area contributed by atoms with Gasteiger partial charge in [-0.25, -0.2) is 15.0 Å². The standard InChI is InChI=1S/C12H16N4OS/c1-3-17-11-6-10(15-8-16-11)14-7-9(2)12-13-4-5-18-12/h4-6,8-9H,3,7H2,1-2H3,(H,14,15,16). The molecule has 96 valence electrons. The second-order valence-corrected chi connectivity index (χ2v) is 4.75. The van der Waals surface area contributed by atoms with E-state index in [0.29, 0.717) is 18.4 Å². The Bertz CT molecular complexity index is 475. The molecule has 0 fully saturated rings. The molecule has 0 saturated carbocycles. The average molecular weight is 264 g/mol. The van der Waals surface area contributed by atoms with Crippen LogP contribution in [0.3, 0.4) is 0 Å². The Kier molecular flexibility index (Phi) is 4.46. The number of aromatic nitrogens is 3. The van der Waals surface area contributed by atoms with Crippen LogP contribution in [0.5, 0.6) is 5.88 Å². The SMILES string of the molecule is CCOc1cc(NCC(C)c2nccs2)ncn1. The molecule has 18 heavy (non-hydrogen) atoms. The largest absolute Gasteiger partial charge is 0.478 e. The Morgan fingerprint density at radius 1 is 1.39 bits per heavy atom. The van der Waals surface area contributed by atoms with Crippen LogP contribution in [0.25, 0.3) is 0 Å². The lowest BCUT2D eigenvalue weighted by Crippen LogP contribution is -2.11. The number of rotatable bonds is 6. The Morgan fingerprint density at radius 3 is 3.00 bits per heavy atom. The molecule has 0 bridgehead atoms. The first-order chi connectivity index (χ1) is 8.79. The van der Waals surface area contributed by atoms with Gasteiger partial charge in [-0.1, -0.05) is 6.92 Å². The first kappa shape index (κ1) is 12.8. The lowest BCUT2D eigenvalue weighted by molar-refractivity contribution is 0.326. The molecule has 0 radical (unpaired) electrons. The summed E-state index contributed by atoms with van der Waals surface area (Å²) < 4.78 is 5.32. The molecular formula is C12H16N4OS. The molecule has 0 aliphatic carbocycles. The van der Waals surface area contributed by atoms with Crippen molar-refractivity contribution in [3.63, 3.8) is 0 Å². The third-order valence-electron chi connectivity index (χ3n) is 2.40. The molecule has 0 aromatic carbocycles. The van der Waals surface area contributed by atoms with Crippen molar-refractivity contribution in [2.75, 3.05) is 18.5 Å². The van der Waals surface area contributed by atoms with Crippen LogP contribution in [-0.4, -0.2) is 28.1 Å². The van der Waals surface area contributed by atoms with Crippen LogP contribution in [0.15, 0.2) is 24.0 Å². The van der Waals surface area contributed by atoms with Gasteiger partial charge in [-0.2, -0.15) is 0 Å². The Labute approximate surface area is 110 Å². The molecule has 0 saturated heterocycles. The molecule has 0 spiro atoms. The number of nitrogens with one attached hydrogen (secondary N) is 1. The lowest BCUT2D eigenvalue weighted by Gasteiger charge is -2.11. The molecule has 0 amide bonds. The highest BCUT2D eigenvalue weighted by Crippen LogP contribution is 2.18. The Hall–Kier alpha value is -1.69. The van der Waals surface area contributed by atoms with Crippen molar-refractivity contribution in [1.29, 1.82) is 0 Å². The second kappa shape index (κ2) is 6.30. The van der Waals surface area contributed by atoms with E-state index < -0.39 is 0 Å². The maximum atomic E-state index is 5.32. The van der Waals surface area contributed by atoms with Gasteiger partial charge >= 0.3 is 0 Å². The summed E-state index contributed by atoms with van der Waals surface area (Å²) in [6, 6.07) is 1.80. The first-order valence-corrected chi connectivity index (χ1v) is 6.75. The van der Waals surface area contributed by atoms with E-state index in [2.05, 4.69) is 27.2 Å². The van der Waals surface area contributed by atoms with Crippen molar-refractivity contribution < 1.29 is 4.74 Å². The summed E-state index contributed by atoms with van der Waals surface area (Å²) in [6.45, 7) is 5.46. The maximum Gasteiger partial charge on any atom is 0.218 e. The van der Waals surface area contributed by atoms with Gasteiger partial charge in [0.15, 0.2) is 0 Å². The second-order valence-electron chi connectivity index (χ2n) is 3.83. The zero-order chi connectivity index (χ0) is 12.8. The molecule has 5 nitrogen and oxygen atoms in total. The molecular weight excluding hydrogens is 248 g/mol. The minimum absolute atomic E-state index is 0.357. The Morgan fingerprint density at radius 2 is 2.28 bits per heavy atom. The summed E-state index contributed by atoms with van der Waals surface area (Å²) in [4.78, 5) is 12.5. The summed E-state index contributed by atoms with van der Waals surface area (Å²) in [5.41, 5.74) is 0. The van der Waals surface area contributed by atoms with E-state index in [1.165, 1.54) is 6.33 Å². The van der Waals surface area contributed by atoms with E-state index in [1.54, 1.807) is 17.4 Å². The van der Waals surface area contributed by atoms with Crippen molar-refractivity contribution in [2.24, 2.45) is 0 Å². The zero-order valence-corrected chi connectivity index (χ0v) is 11.3. The Balaban J connectivity index is 1.91. The van der Waals surface area contributed by atoms with Crippen LogP contribution in [0, 0.1) is 0 Å². The smallest absolute Gasteiger partial charge is 0.218 e.